The van der Waals surface area contributed by atoms with E-state index in [1.54, 1.807) is 14.0 Å². The van der Waals surface area contributed by atoms with Crippen LogP contribution in [0.1, 0.15) is 18.7 Å². The third-order valence-corrected chi connectivity index (χ3v) is 3.93. The number of nitrogens with zero attached hydrogens (tertiary/aromatic N) is 1. The number of amides is 2. The topological polar surface area (TPSA) is 45.5 Å². The number of hydrogen-bond acceptors (Lipinski definition) is 2. The number of anilines is 1. The van der Waals surface area contributed by atoms with Crippen LogP contribution in [0.15, 0.2) is 52.9 Å². The number of carbonyl (C=O) groups excluding carboxylic acids is 1. The smallest absolute Gasteiger partial charge is 0.322 e. The van der Waals surface area contributed by atoms with Crippen LogP contribution in [0.5, 0.6) is 0 Å². The molecule has 0 radical (unpaired) electrons. The molecule has 0 saturated carbocycles. The molecular formula is C18H16F2N2O2. The number of nitrogens with one attached hydrogen (secondary N) is 1. The van der Waals surface area contributed by atoms with Crippen LogP contribution in [-0.4, -0.2) is 18.0 Å². The lowest BCUT2D eigenvalue weighted by atomic mass is 10.2. The lowest BCUT2D eigenvalue weighted by Crippen LogP contribution is -2.33. The van der Waals surface area contributed by atoms with Gasteiger partial charge in [-0.15, -0.1) is 0 Å². The summed E-state index contributed by atoms with van der Waals surface area (Å²) in [5, 5.41) is 3.37. The van der Waals surface area contributed by atoms with E-state index in [0.717, 1.165) is 23.1 Å². The normalized spacial score (nSPS) is 12.2. The highest BCUT2D eigenvalue weighted by atomic mass is 19.1. The highest BCUT2D eigenvalue weighted by Gasteiger charge is 2.21. The summed E-state index contributed by atoms with van der Waals surface area (Å²) in [6, 6.07) is 11.5. The first-order chi connectivity index (χ1) is 11.5. The van der Waals surface area contributed by atoms with Gasteiger partial charge in [-0.25, -0.2) is 13.6 Å². The second kappa shape index (κ2) is 6.31. The predicted octanol–water partition coefficient (Wildman–Crippen LogP) is 4.94. The van der Waals surface area contributed by atoms with Crippen LogP contribution in [0.2, 0.25) is 0 Å². The van der Waals surface area contributed by atoms with Crippen LogP contribution >= 0.6 is 0 Å². The Labute approximate surface area is 137 Å². The van der Waals surface area contributed by atoms with Gasteiger partial charge in [0.05, 0.1) is 11.7 Å². The first kappa shape index (κ1) is 16.0. The molecule has 1 N–H and O–H groups in total. The first-order valence-corrected chi connectivity index (χ1v) is 7.43. The molecule has 0 spiro atoms. The Hall–Kier alpha value is -2.89. The molecule has 24 heavy (non-hydrogen) atoms. The molecule has 124 valence electrons. The van der Waals surface area contributed by atoms with E-state index in [-0.39, 0.29) is 11.7 Å². The summed E-state index contributed by atoms with van der Waals surface area (Å²) < 4.78 is 32.3. The molecule has 0 aliphatic rings. The largest absolute Gasteiger partial charge is 0.459 e. The number of urea groups is 1. The number of carbonyl (C=O) groups is 1. The summed E-state index contributed by atoms with van der Waals surface area (Å²) in [6.45, 7) is 1.80. The van der Waals surface area contributed by atoms with Gasteiger partial charge in [-0.2, -0.15) is 0 Å². The van der Waals surface area contributed by atoms with E-state index in [4.69, 9.17) is 4.42 Å². The molecule has 6 heteroatoms. The van der Waals surface area contributed by atoms with Crippen molar-refractivity contribution in [1.29, 1.82) is 0 Å². The van der Waals surface area contributed by atoms with Crippen LogP contribution < -0.4 is 5.32 Å². The number of halogens is 2. The average Bonchev–Trinajstić information content (AvgIpc) is 3.00. The number of fused-ring (bicyclic) bond motifs is 1. The number of benzene rings is 2. The quantitative estimate of drug-likeness (QED) is 0.739. The zero-order chi connectivity index (χ0) is 17.3. The standard InChI is InChI=1S/C18H16F2N2O2/c1-11(17-9-12-5-3-4-6-16(12)24-17)22(2)18(23)21-15-8-7-13(19)10-14(15)20/h3-11H,1-2H3,(H,21,23). The zero-order valence-corrected chi connectivity index (χ0v) is 13.2. The van der Waals surface area contributed by atoms with Crippen molar-refractivity contribution in [2.75, 3.05) is 12.4 Å². The summed E-state index contributed by atoms with van der Waals surface area (Å²) in [4.78, 5) is 13.7. The molecule has 2 amide bonds. The summed E-state index contributed by atoms with van der Waals surface area (Å²) in [6.07, 6.45) is 0. The van der Waals surface area contributed by atoms with Crippen LogP contribution in [0.3, 0.4) is 0 Å². The Morgan fingerprint density at radius 2 is 1.92 bits per heavy atom. The fraction of sp³-hybridized carbons (Fsp3) is 0.167. The third kappa shape index (κ3) is 3.08. The maximum Gasteiger partial charge on any atom is 0.322 e. The van der Waals surface area contributed by atoms with Gasteiger partial charge in [-0.05, 0) is 31.2 Å². The van der Waals surface area contributed by atoms with Crippen molar-refractivity contribution in [1.82, 2.24) is 4.90 Å². The van der Waals surface area contributed by atoms with Gasteiger partial charge >= 0.3 is 6.03 Å². The minimum Gasteiger partial charge on any atom is -0.459 e. The minimum atomic E-state index is -0.826. The molecule has 0 bridgehead atoms. The van der Waals surface area contributed by atoms with Gasteiger partial charge in [-0.3, -0.25) is 0 Å². The van der Waals surface area contributed by atoms with Crippen LogP contribution in [-0.2, 0) is 0 Å². The van der Waals surface area contributed by atoms with Gasteiger partial charge < -0.3 is 14.6 Å². The Balaban J connectivity index is 1.76. The molecule has 0 aliphatic carbocycles. The fourth-order valence-electron chi connectivity index (χ4n) is 2.37. The van der Waals surface area contributed by atoms with Crippen molar-refractivity contribution in [3.8, 4) is 0 Å². The van der Waals surface area contributed by atoms with Crippen molar-refractivity contribution in [2.24, 2.45) is 0 Å². The van der Waals surface area contributed by atoms with E-state index >= 15 is 0 Å². The average molecular weight is 330 g/mol. The first-order valence-electron chi connectivity index (χ1n) is 7.43. The molecule has 3 aromatic rings. The van der Waals surface area contributed by atoms with E-state index in [9.17, 15) is 13.6 Å². The molecule has 4 nitrogen and oxygen atoms in total. The van der Waals surface area contributed by atoms with Crippen molar-refractivity contribution in [3.63, 3.8) is 0 Å². The van der Waals surface area contributed by atoms with Gasteiger partial charge in [-0.1, -0.05) is 18.2 Å². The third-order valence-electron chi connectivity index (χ3n) is 3.93. The second-order valence-corrected chi connectivity index (χ2v) is 5.53. The van der Waals surface area contributed by atoms with E-state index in [1.165, 1.54) is 11.0 Å². The van der Waals surface area contributed by atoms with Crippen LogP contribution in [0, 0.1) is 11.6 Å². The summed E-state index contributed by atoms with van der Waals surface area (Å²) in [5.74, 6) is -0.906. The molecule has 3 rings (SSSR count). The lowest BCUT2D eigenvalue weighted by molar-refractivity contribution is 0.201. The molecular weight excluding hydrogens is 314 g/mol. The van der Waals surface area contributed by atoms with Gasteiger partial charge in [0, 0.05) is 18.5 Å². The predicted molar refractivity (Wildman–Crippen MR) is 87.8 cm³/mol. The second-order valence-electron chi connectivity index (χ2n) is 5.53. The fourth-order valence-corrected chi connectivity index (χ4v) is 2.37. The van der Waals surface area contributed by atoms with Gasteiger partial charge in [0.15, 0.2) is 0 Å². The molecule has 1 heterocycles. The maximum atomic E-state index is 13.6. The molecule has 2 aromatic carbocycles. The SMILES string of the molecule is CC(c1cc2ccccc2o1)N(C)C(=O)Nc1ccc(F)cc1F. The van der Waals surface area contributed by atoms with Crippen molar-refractivity contribution >= 4 is 22.7 Å². The molecule has 1 unspecified atom stereocenters. The highest BCUT2D eigenvalue weighted by Crippen LogP contribution is 2.27. The minimum absolute atomic E-state index is 0.0787. The summed E-state index contributed by atoms with van der Waals surface area (Å²) >= 11 is 0. The summed E-state index contributed by atoms with van der Waals surface area (Å²) in [7, 11) is 1.58. The van der Waals surface area contributed by atoms with E-state index in [1.807, 2.05) is 30.3 Å². The van der Waals surface area contributed by atoms with Crippen LogP contribution in [0.4, 0.5) is 19.3 Å². The Bertz CT molecular complexity index is 859. The van der Waals surface area contributed by atoms with E-state index in [0.29, 0.717) is 5.76 Å². The number of hydrogen-bond donors (Lipinski definition) is 1. The monoisotopic (exact) mass is 330 g/mol. The maximum absolute atomic E-state index is 13.6. The Morgan fingerprint density at radius 1 is 1.17 bits per heavy atom. The van der Waals surface area contributed by atoms with Gasteiger partial charge in [0.25, 0.3) is 0 Å². The van der Waals surface area contributed by atoms with Crippen molar-refractivity contribution < 1.29 is 18.0 Å². The van der Waals surface area contributed by atoms with Gasteiger partial charge in [0.2, 0.25) is 0 Å². The molecule has 0 fully saturated rings. The van der Waals surface area contributed by atoms with Crippen molar-refractivity contribution in [3.05, 3.63) is 65.9 Å². The number of furan rings is 1. The van der Waals surface area contributed by atoms with Crippen molar-refractivity contribution in [2.45, 2.75) is 13.0 Å². The molecule has 0 saturated heterocycles. The Kier molecular flexibility index (Phi) is 4.20. The highest BCUT2D eigenvalue weighted by molar-refractivity contribution is 5.89. The van der Waals surface area contributed by atoms with E-state index < -0.39 is 17.7 Å². The molecule has 0 aliphatic heterocycles. The summed E-state index contributed by atoms with van der Waals surface area (Å²) in [5.41, 5.74) is 0.655. The number of rotatable bonds is 3. The number of para-hydroxylation sites is 1. The molecule has 1 aromatic heterocycles. The Morgan fingerprint density at radius 3 is 2.62 bits per heavy atom. The van der Waals surface area contributed by atoms with E-state index in [2.05, 4.69) is 5.32 Å². The van der Waals surface area contributed by atoms with Crippen LogP contribution in [0.25, 0.3) is 11.0 Å². The van der Waals surface area contributed by atoms with Gasteiger partial charge in [0.1, 0.15) is 23.0 Å². The zero-order valence-electron chi connectivity index (χ0n) is 13.2. The lowest BCUT2D eigenvalue weighted by Gasteiger charge is -2.23. The molecule has 1 atom stereocenters.